The van der Waals surface area contributed by atoms with E-state index in [-0.39, 0.29) is 11.3 Å². The molecule has 0 saturated heterocycles. The van der Waals surface area contributed by atoms with E-state index in [1.165, 1.54) is 0 Å². The van der Waals surface area contributed by atoms with Crippen LogP contribution in [0.3, 0.4) is 0 Å². The number of amides is 1. The van der Waals surface area contributed by atoms with Crippen molar-refractivity contribution < 1.29 is 9.53 Å². The van der Waals surface area contributed by atoms with Gasteiger partial charge < -0.3 is 10.1 Å². The second kappa shape index (κ2) is 3.81. The van der Waals surface area contributed by atoms with Gasteiger partial charge in [0.25, 0.3) is 0 Å². The number of nitrogens with one attached hydrogen (secondary N) is 1. The molecule has 0 unspecified atom stereocenters. The number of carbonyl (C=O) groups excluding carboxylic acids is 1. The van der Waals surface area contributed by atoms with Crippen molar-refractivity contribution in [1.29, 1.82) is 0 Å². The Hall–Kier alpha value is -1.51. The lowest BCUT2D eigenvalue weighted by Crippen LogP contribution is -2.13. The maximum atomic E-state index is 11.4. The molecule has 0 spiro atoms. The van der Waals surface area contributed by atoms with E-state index in [0.717, 1.165) is 17.0 Å². The Balaban J connectivity index is 2.51. The van der Waals surface area contributed by atoms with Crippen LogP contribution in [0, 0.1) is 0 Å². The Morgan fingerprint density at radius 2 is 2.06 bits per heavy atom. The number of rotatable bonds is 0. The van der Waals surface area contributed by atoms with Gasteiger partial charge >= 0.3 is 0 Å². The van der Waals surface area contributed by atoms with Crippen LogP contribution in [0.5, 0.6) is 5.75 Å². The first kappa shape index (κ1) is 11.0. The standard InChI is InChI=1S/C13H17NO2/c1-13(2,3)9-5-4-6-10-12(9)16-8-7-11(15)14-10/h4-6H,7-8H2,1-3H3,(H,14,15). The molecule has 16 heavy (non-hydrogen) atoms. The number of hydrogen-bond acceptors (Lipinski definition) is 2. The number of carbonyl (C=O) groups is 1. The van der Waals surface area contributed by atoms with E-state index in [0.29, 0.717) is 13.0 Å². The van der Waals surface area contributed by atoms with E-state index >= 15 is 0 Å². The van der Waals surface area contributed by atoms with E-state index in [2.05, 4.69) is 32.2 Å². The summed E-state index contributed by atoms with van der Waals surface area (Å²) in [5, 5.41) is 2.87. The van der Waals surface area contributed by atoms with Crippen LogP contribution >= 0.6 is 0 Å². The molecule has 1 amide bonds. The van der Waals surface area contributed by atoms with Crippen molar-refractivity contribution in [2.75, 3.05) is 11.9 Å². The lowest BCUT2D eigenvalue weighted by molar-refractivity contribution is -0.116. The van der Waals surface area contributed by atoms with E-state index in [9.17, 15) is 4.79 Å². The maximum absolute atomic E-state index is 11.4. The number of ether oxygens (including phenoxy) is 1. The molecule has 86 valence electrons. The van der Waals surface area contributed by atoms with Gasteiger partial charge in [-0.15, -0.1) is 0 Å². The molecule has 1 aliphatic heterocycles. The third-order valence-corrected chi connectivity index (χ3v) is 2.67. The molecule has 1 aliphatic rings. The van der Waals surface area contributed by atoms with Crippen LogP contribution < -0.4 is 10.1 Å². The third kappa shape index (κ3) is 2.03. The molecule has 0 bridgehead atoms. The second-order valence-electron chi connectivity index (χ2n) is 5.08. The molecule has 1 heterocycles. The minimum Gasteiger partial charge on any atom is -0.491 e. The first-order valence-corrected chi connectivity index (χ1v) is 5.54. The highest BCUT2D eigenvalue weighted by molar-refractivity contribution is 5.93. The molecule has 0 fully saturated rings. The molecule has 0 atom stereocenters. The molecule has 0 aromatic heterocycles. The van der Waals surface area contributed by atoms with Gasteiger partial charge in [-0.2, -0.15) is 0 Å². The van der Waals surface area contributed by atoms with Crippen LogP contribution in [0.4, 0.5) is 5.69 Å². The van der Waals surface area contributed by atoms with Gasteiger partial charge in [-0.05, 0) is 11.5 Å². The summed E-state index contributed by atoms with van der Waals surface area (Å²) in [6.07, 6.45) is 0.415. The summed E-state index contributed by atoms with van der Waals surface area (Å²) < 4.78 is 5.69. The number of anilines is 1. The number of para-hydroxylation sites is 1. The lowest BCUT2D eigenvalue weighted by Gasteiger charge is -2.23. The first-order chi connectivity index (χ1) is 7.48. The minimum atomic E-state index is 0.0143. The molecule has 2 rings (SSSR count). The topological polar surface area (TPSA) is 38.3 Å². The van der Waals surface area contributed by atoms with Gasteiger partial charge in [0.15, 0.2) is 0 Å². The van der Waals surface area contributed by atoms with Crippen molar-refractivity contribution in [2.24, 2.45) is 0 Å². The van der Waals surface area contributed by atoms with Crippen molar-refractivity contribution in [3.8, 4) is 5.75 Å². The van der Waals surface area contributed by atoms with Crippen molar-refractivity contribution in [1.82, 2.24) is 0 Å². The zero-order valence-corrected chi connectivity index (χ0v) is 9.96. The summed E-state index contributed by atoms with van der Waals surface area (Å²) in [6, 6.07) is 5.89. The summed E-state index contributed by atoms with van der Waals surface area (Å²) in [4.78, 5) is 11.4. The van der Waals surface area contributed by atoms with Crippen LogP contribution in [-0.4, -0.2) is 12.5 Å². The third-order valence-electron chi connectivity index (χ3n) is 2.67. The van der Waals surface area contributed by atoms with Gasteiger partial charge in [0.05, 0.1) is 18.7 Å². The van der Waals surface area contributed by atoms with Crippen LogP contribution in [-0.2, 0) is 10.2 Å². The highest BCUT2D eigenvalue weighted by atomic mass is 16.5. The summed E-state index contributed by atoms with van der Waals surface area (Å²) >= 11 is 0. The Bertz CT molecular complexity index is 418. The number of hydrogen-bond donors (Lipinski definition) is 1. The Labute approximate surface area is 95.8 Å². The van der Waals surface area contributed by atoms with Crippen LogP contribution in [0.25, 0.3) is 0 Å². The molecule has 0 radical (unpaired) electrons. The summed E-state index contributed by atoms with van der Waals surface area (Å²) in [5.41, 5.74) is 1.93. The zero-order chi connectivity index (χ0) is 11.8. The maximum Gasteiger partial charge on any atom is 0.227 e. The normalized spacial score (nSPS) is 15.8. The van der Waals surface area contributed by atoms with Gasteiger partial charge in [0.1, 0.15) is 5.75 Å². The average molecular weight is 219 g/mol. The highest BCUT2D eigenvalue weighted by Gasteiger charge is 2.23. The van der Waals surface area contributed by atoms with E-state index in [4.69, 9.17) is 4.74 Å². The fourth-order valence-corrected chi connectivity index (χ4v) is 1.84. The molecule has 3 nitrogen and oxygen atoms in total. The summed E-state index contributed by atoms with van der Waals surface area (Å²) in [5.74, 6) is 0.839. The number of fused-ring (bicyclic) bond motifs is 1. The van der Waals surface area contributed by atoms with Gasteiger partial charge in [-0.25, -0.2) is 0 Å². The second-order valence-corrected chi connectivity index (χ2v) is 5.08. The average Bonchev–Trinajstić information content (AvgIpc) is 2.35. The van der Waals surface area contributed by atoms with Crippen LogP contribution in [0.2, 0.25) is 0 Å². The van der Waals surface area contributed by atoms with Gasteiger partial charge in [-0.1, -0.05) is 32.9 Å². The fourth-order valence-electron chi connectivity index (χ4n) is 1.84. The zero-order valence-electron chi connectivity index (χ0n) is 9.96. The van der Waals surface area contributed by atoms with Gasteiger partial charge in [0.2, 0.25) is 5.91 Å². The molecular weight excluding hydrogens is 202 g/mol. The van der Waals surface area contributed by atoms with Crippen LogP contribution in [0.15, 0.2) is 18.2 Å². The van der Waals surface area contributed by atoms with E-state index < -0.39 is 0 Å². The van der Waals surface area contributed by atoms with Crippen LogP contribution in [0.1, 0.15) is 32.8 Å². The molecular formula is C13H17NO2. The summed E-state index contributed by atoms with van der Waals surface area (Å²) in [7, 11) is 0. The Kier molecular flexibility index (Phi) is 2.62. The molecule has 3 heteroatoms. The molecule has 0 saturated carbocycles. The smallest absolute Gasteiger partial charge is 0.227 e. The molecule has 1 N–H and O–H groups in total. The van der Waals surface area contributed by atoms with Crippen molar-refractivity contribution >= 4 is 11.6 Å². The molecule has 1 aromatic carbocycles. The van der Waals surface area contributed by atoms with Gasteiger partial charge in [0, 0.05) is 5.56 Å². The van der Waals surface area contributed by atoms with Crippen molar-refractivity contribution in [3.05, 3.63) is 23.8 Å². The SMILES string of the molecule is CC(C)(C)c1cccc2c1OCCC(=O)N2. The monoisotopic (exact) mass is 219 g/mol. The van der Waals surface area contributed by atoms with E-state index in [1.54, 1.807) is 0 Å². The molecule has 0 aliphatic carbocycles. The Morgan fingerprint density at radius 1 is 1.31 bits per heavy atom. The van der Waals surface area contributed by atoms with E-state index in [1.807, 2.05) is 12.1 Å². The quantitative estimate of drug-likeness (QED) is 0.728. The van der Waals surface area contributed by atoms with Crippen molar-refractivity contribution in [2.45, 2.75) is 32.6 Å². The number of benzene rings is 1. The minimum absolute atomic E-state index is 0.0143. The lowest BCUT2D eigenvalue weighted by atomic mass is 9.86. The first-order valence-electron chi connectivity index (χ1n) is 5.54. The largest absolute Gasteiger partial charge is 0.491 e. The predicted molar refractivity (Wildman–Crippen MR) is 63.9 cm³/mol. The molecule has 1 aromatic rings. The highest BCUT2D eigenvalue weighted by Crippen LogP contribution is 2.38. The Morgan fingerprint density at radius 3 is 2.75 bits per heavy atom. The van der Waals surface area contributed by atoms with Crippen molar-refractivity contribution in [3.63, 3.8) is 0 Å². The fraction of sp³-hybridized carbons (Fsp3) is 0.462. The van der Waals surface area contributed by atoms with Gasteiger partial charge in [-0.3, -0.25) is 4.79 Å². The summed E-state index contributed by atoms with van der Waals surface area (Å²) in [6.45, 7) is 6.86. The predicted octanol–water partition coefficient (Wildman–Crippen LogP) is 2.71.